The van der Waals surface area contributed by atoms with Crippen molar-refractivity contribution in [1.82, 2.24) is 5.32 Å². The summed E-state index contributed by atoms with van der Waals surface area (Å²) in [5.41, 5.74) is -1.02. The molecule has 1 aliphatic rings. The normalized spacial score (nSPS) is 20.0. The molecule has 1 fully saturated rings. The molecule has 1 N–H and O–H groups in total. The average molecular weight is 266 g/mol. The van der Waals surface area contributed by atoms with Crippen molar-refractivity contribution in [3.8, 4) is 0 Å². The number of ether oxygens (including phenoxy) is 1. The number of hydrogen-bond acceptors (Lipinski definition) is 2. The lowest BCUT2D eigenvalue weighted by molar-refractivity contribution is -0.138. The fourth-order valence-corrected chi connectivity index (χ4v) is 1.98. The monoisotopic (exact) mass is 265 g/mol. The van der Waals surface area contributed by atoms with Crippen molar-refractivity contribution in [2.45, 2.75) is 12.2 Å². The van der Waals surface area contributed by atoms with Gasteiger partial charge >= 0.3 is 12.3 Å². The molecule has 1 aliphatic heterocycles. The van der Waals surface area contributed by atoms with Crippen LogP contribution in [0.3, 0.4) is 0 Å². The van der Waals surface area contributed by atoms with Gasteiger partial charge in [-0.15, -0.1) is 0 Å². The Morgan fingerprint density at radius 2 is 2.12 bits per heavy atom. The van der Waals surface area contributed by atoms with Gasteiger partial charge in [-0.1, -0.05) is 17.7 Å². The molecule has 1 heterocycles. The summed E-state index contributed by atoms with van der Waals surface area (Å²) < 4.78 is 42.9. The standard InChI is InChI=1S/C10H7ClF3NO2/c11-6-3-1-2-5(10(12,13)14)8(6)7-4-17-9(16)15-7/h1-3,7H,4H2,(H,15,16)/t7-/m1/s1. The van der Waals surface area contributed by atoms with Crippen molar-refractivity contribution < 1.29 is 22.7 Å². The van der Waals surface area contributed by atoms with Crippen LogP contribution in [0.25, 0.3) is 0 Å². The van der Waals surface area contributed by atoms with E-state index in [1.165, 1.54) is 12.1 Å². The largest absolute Gasteiger partial charge is 0.447 e. The van der Waals surface area contributed by atoms with Crippen LogP contribution in [0.4, 0.5) is 18.0 Å². The molecule has 0 aliphatic carbocycles. The number of benzene rings is 1. The lowest BCUT2D eigenvalue weighted by Crippen LogP contribution is -2.22. The Morgan fingerprint density at radius 3 is 2.65 bits per heavy atom. The summed E-state index contributed by atoms with van der Waals surface area (Å²) in [6.45, 7) is -0.161. The van der Waals surface area contributed by atoms with Crippen molar-refractivity contribution in [3.63, 3.8) is 0 Å². The van der Waals surface area contributed by atoms with Gasteiger partial charge in [0, 0.05) is 10.6 Å². The number of amides is 1. The lowest BCUT2D eigenvalue weighted by atomic mass is 10.0. The first kappa shape index (κ1) is 12.0. The molecule has 1 amide bonds. The van der Waals surface area contributed by atoms with Gasteiger partial charge < -0.3 is 10.1 Å². The molecule has 0 bridgehead atoms. The zero-order chi connectivity index (χ0) is 12.6. The van der Waals surface area contributed by atoms with Crippen LogP contribution in [0.5, 0.6) is 0 Å². The molecule has 1 atom stereocenters. The van der Waals surface area contributed by atoms with Gasteiger partial charge in [0.2, 0.25) is 0 Å². The van der Waals surface area contributed by atoms with Gasteiger partial charge in [-0.3, -0.25) is 0 Å². The minimum atomic E-state index is -4.52. The zero-order valence-corrected chi connectivity index (χ0v) is 9.10. The third-order valence-electron chi connectivity index (χ3n) is 2.38. The molecule has 7 heteroatoms. The predicted molar refractivity (Wildman–Crippen MR) is 53.7 cm³/mol. The minimum Gasteiger partial charge on any atom is -0.447 e. The van der Waals surface area contributed by atoms with Gasteiger partial charge in [0.05, 0.1) is 11.6 Å². The number of halogens is 4. The number of cyclic esters (lactones) is 1. The van der Waals surface area contributed by atoms with Crippen LogP contribution in [-0.4, -0.2) is 12.7 Å². The number of hydrogen-bond donors (Lipinski definition) is 1. The van der Waals surface area contributed by atoms with E-state index in [2.05, 4.69) is 10.1 Å². The molecule has 0 aromatic heterocycles. The number of alkyl carbamates (subject to hydrolysis) is 1. The number of carbonyl (C=O) groups is 1. The first-order valence-corrected chi connectivity index (χ1v) is 5.06. The smallest absolute Gasteiger partial charge is 0.416 e. The molecule has 3 nitrogen and oxygen atoms in total. The quantitative estimate of drug-likeness (QED) is 0.847. The van der Waals surface area contributed by atoms with Gasteiger partial charge in [-0.2, -0.15) is 13.2 Å². The van der Waals surface area contributed by atoms with Crippen LogP contribution in [0.15, 0.2) is 18.2 Å². The van der Waals surface area contributed by atoms with E-state index in [1.807, 2.05) is 0 Å². The molecule has 1 aromatic carbocycles. The molecule has 0 unspecified atom stereocenters. The van der Waals surface area contributed by atoms with Crippen LogP contribution in [-0.2, 0) is 10.9 Å². The van der Waals surface area contributed by atoms with E-state index in [9.17, 15) is 18.0 Å². The van der Waals surface area contributed by atoms with Crippen molar-refractivity contribution >= 4 is 17.7 Å². The first-order valence-electron chi connectivity index (χ1n) is 4.68. The molecule has 2 rings (SSSR count). The lowest BCUT2D eigenvalue weighted by Gasteiger charge is -2.17. The van der Waals surface area contributed by atoms with E-state index >= 15 is 0 Å². The van der Waals surface area contributed by atoms with Crippen molar-refractivity contribution in [2.75, 3.05) is 6.61 Å². The highest BCUT2D eigenvalue weighted by Crippen LogP contribution is 2.38. The Bertz CT molecular complexity index is 461. The number of nitrogens with one attached hydrogen (secondary N) is 1. The number of alkyl halides is 3. The molecule has 0 radical (unpaired) electrons. The second-order valence-corrected chi connectivity index (χ2v) is 3.90. The molecule has 92 valence electrons. The summed E-state index contributed by atoms with van der Waals surface area (Å²) >= 11 is 5.76. The number of rotatable bonds is 1. The van der Waals surface area contributed by atoms with E-state index in [0.717, 1.165) is 6.07 Å². The fraction of sp³-hybridized carbons (Fsp3) is 0.300. The van der Waals surface area contributed by atoms with Crippen molar-refractivity contribution in [3.05, 3.63) is 34.3 Å². The van der Waals surface area contributed by atoms with E-state index in [4.69, 9.17) is 11.6 Å². The average Bonchev–Trinajstić information content (AvgIpc) is 2.63. The SMILES string of the molecule is O=C1N[C@@H](c2c(Cl)cccc2C(F)(F)F)CO1. The molecule has 1 aromatic rings. The number of carbonyl (C=O) groups excluding carboxylic acids is 1. The predicted octanol–water partition coefficient (Wildman–Crippen LogP) is 3.14. The summed E-state index contributed by atoms with van der Waals surface area (Å²) in [5.74, 6) is 0. The maximum atomic E-state index is 12.8. The second-order valence-electron chi connectivity index (χ2n) is 3.49. The highest BCUT2D eigenvalue weighted by atomic mass is 35.5. The summed E-state index contributed by atoms with van der Waals surface area (Å²) in [4.78, 5) is 10.8. The Morgan fingerprint density at radius 1 is 1.41 bits per heavy atom. The molecule has 17 heavy (non-hydrogen) atoms. The van der Waals surface area contributed by atoms with E-state index in [1.54, 1.807) is 0 Å². The van der Waals surface area contributed by atoms with Crippen LogP contribution in [0.1, 0.15) is 17.2 Å². The zero-order valence-electron chi connectivity index (χ0n) is 8.34. The third kappa shape index (κ3) is 2.31. The maximum absolute atomic E-state index is 12.8. The van der Waals surface area contributed by atoms with Crippen molar-refractivity contribution in [1.29, 1.82) is 0 Å². The molecule has 0 spiro atoms. The second kappa shape index (κ2) is 4.10. The van der Waals surface area contributed by atoms with E-state index < -0.39 is 23.9 Å². The topological polar surface area (TPSA) is 38.3 Å². The Hall–Kier alpha value is -1.43. The van der Waals surface area contributed by atoms with E-state index in [-0.39, 0.29) is 17.2 Å². The Labute approximate surface area is 99.5 Å². The van der Waals surface area contributed by atoms with Crippen LogP contribution in [0.2, 0.25) is 5.02 Å². The van der Waals surface area contributed by atoms with Crippen molar-refractivity contribution in [2.24, 2.45) is 0 Å². The Balaban J connectivity index is 2.48. The summed E-state index contributed by atoms with van der Waals surface area (Å²) in [7, 11) is 0. The van der Waals surface area contributed by atoms with Crippen LogP contribution in [0, 0.1) is 0 Å². The fourth-order valence-electron chi connectivity index (χ4n) is 1.68. The summed E-state index contributed by atoms with van der Waals surface area (Å²) in [6.07, 6.45) is -5.27. The van der Waals surface area contributed by atoms with Gasteiger partial charge in [-0.05, 0) is 12.1 Å². The van der Waals surface area contributed by atoms with Crippen LogP contribution >= 0.6 is 11.6 Å². The highest BCUT2D eigenvalue weighted by Gasteiger charge is 2.38. The minimum absolute atomic E-state index is 0.0457. The van der Waals surface area contributed by atoms with Gasteiger partial charge in [0.1, 0.15) is 6.61 Å². The summed E-state index contributed by atoms with van der Waals surface area (Å²) in [6, 6.07) is 2.61. The van der Waals surface area contributed by atoms with Gasteiger partial charge in [0.15, 0.2) is 0 Å². The molecule has 0 saturated carbocycles. The van der Waals surface area contributed by atoms with Crippen LogP contribution < -0.4 is 5.32 Å². The van der Waals surface area contributed by atoms with Gasteiger partial charge in [0.25, 0.3) is 0 Å². The molecule has 1 saturated heterocycles. The molecular weight excluding hydrogens is 259 g/mol. The highest BCUT2D eigenvalue weighted by molar-refractivity contribution is 6.31. The first-order chi connectivity index (χ1) is 7.89. The third-order valence-corrected chi connectivity index (χ3v) is 2.71. The Kier molecular flexibility index (Phi) is 2.91. The van der Waals surface area contributed by atoms with E-state index in [0.29, 0.717) is 0 Å². The van der Waals surface area contributed by atoms with Gasteiger partial charge in [-0.25, -0.2) is 4.79 Å². The molecular formula is C10H7ClF3NO2. The maximum Gasteiger partial charge on any atom is 0.416 e. The summed E-state index contributed by atoms with van der Waals surface area (Å²) in [5, 5.41) is 2.23.